The molecule has 1 N–H and O–H groups in total. The SMILES string of the molecule is Cc1c([N+](=O)[O-])c(C(F)F)nn1CC(C)C(=O)O. The molecule has 0 aliphatic heterocycles. The Bertz CT molecular complexity index is 486. The summed E-state index contributed by atoms with van der Waals surface area (Å²) in [5, 5.41) is 22.8. The number of carboxylic acid groups (broad SMARTS) is 1. The van der Waals surface area contributed by atoms with Crippen LogP contribution in [0.1, 0.15) is 24.7 Å². The van der Waals surface area contributed by atoms with Gasteiger partial charge >= 0.3 is 11.7 Å². The maximum atomic E-state index is 12.6. The molecule has 1 rings (SSSR count). The van der Waals surface area contributed by atoms with E-state index in [4.69, 9.17) is 5.11 Å². The number of carboxylic acids is 1. The highest BCUT2D eigenvalue weighted by molar-refractivity contribution is 5.69. The fourth-order valence-electron chi connectivity index (χ4n) is 1.45. The Labute approximate surface area is 100 Å². The van der Waals surface area contributed by atoms with E-state index in [1.54, 1.807) is 0 Å². The molecule has 0 bridgehead atoms. The summed E-state index contributed by atoms with van der Waals surface area (Å²) in [5.41, 5.74) is -1.78. The van der Waals surface area contributed by atoms with Crippen molar-refractivity contribution in [1.29, 1.82) is 0 Å². The predicted octanol–water partition coefficient (Wildman–Crippen LogP) is 1.76. The van der Waals surface area contributed by atoms with Gasteiger partial charge in [0.05, 0.1) is 17.4 Å². The van der Waals surface area contributed by atoms with Crippen LogP contribution in [0.3, 0.4) is 0 Å². The quantitative estimate of drug-likeness (QED) is 0.644. The van der Waals surface area contributed by atoms with Crippen molar-refractivity contribution in [2.24, 2.45) is 5.92 Å². The van der Waals surface area contributed by atoms with Crippen LogP contribution in [-0.2, 0) is 11.3 Å². The zero-order chi connectivity index (χ0) is 14.0. The lowest BCUT2D eigenvalue weighted by atomic mass is 10.2. The lowest BCUT2D eigenvalue weighted by Crippen LogP contribution is -2.18. The first-order valence-corrected chi connectivity index (χ1v) is 4.98. The van der Waals surface area contributed by atoms with Crippen LogP contribution in [0.4, 0.5) is 14.5 Å². The van der Waals surface area contributed by atoms with Crippen molar-refractivity contribution in [3.63, 3.8) is 0 Å². The van der Waals surface area contributed by atoms with Gasteiger partial charge in [0, 0.05) is 0 Å². The summed E-state index contributed by atoms with van der Waals surface area (Å²) >= 11 is 0. The van der Waals surface area contributed by atoms with E-state index in [0.29, 0.717) is 0 Å². The van der Waals surface area contributed by atoms with Crippen LogP contribution in [0.25, 0.3) is 0 Å². The standard InChI is InChI=1S/C9H11F2N3O4/c1-4(9(15)16)3-13-5(2)7(14(17)18)6(12-13)8(10)11/h4,8H,3H2,1-2H3,(H,15,16). The molecule has 18 heavy (non-hydrogen) atoms. The van der Waals surface area contributed by atoms with Crippen molar-refractivity contribution >= 4 is 11.7 Å². The van der Waals surface area contributed by atoms with Gasteiger partial charge in [-0.25, -0.2) is 8.78 Å². The van der Waals surface area contributed by atoms with Gasteiger partial charge < -0.3 is 5.11 Å². The fourth-order valence-corrected chi connectivity index (χ4v) is 1.45. The average Bonchev–Trinajstić information content (AvgIpc) is 2.56. The minimum absolute atomic E-state index is 0.0802. The minimum Gasteiger partial charge on any atom is -0.481 e. The molecular weight excluding hydrogens is 252 g/mol. The van der Waals surface area contributed by atoms with Crippen LogP contribution in [0.5, 0.6) is 0 Å². The summed E-state index contributed by atoms with van der Waals surface area (Å²) in [6.45, 7) is 2.41. The number of nitro groups is 1. The molecule has 0 spiro atoms. The first-order chi connectivity index (χ1) is 8.25. The summed E-state index contributed by atoms with van der Waals surface area (Å²) in [6.07, 6.45) is -3.08. The van der Waals surface area contributed by atoms with Crippen molar-refractivity contribution in [2.75, 3.05) is 0 Å². The van der Waals surface area contributed by atoms with Gasteiger partial charge in [-0.05, 0) is 6.92 Å². The largest absolute Gasteiger partial charge is 0.481 e. The predicted molar refractivity (Wildman–Crippen MR) is 55.4 cm³/mol. The molecule has 0 aliphatic carbocycles. The molecule has 0 aromatic carbocycles. The van der Waals surface area contributed by atoms with Gasteiger partial charge in [-0.2, -0.15) is 5.10 Å². The van der Waals surface area contributed by atoms with E-state index in [2.05, 4.69) is 5.10 Å². The molecule has 1 aromatic heterocycles. The van der Waals surface area contributed by atoms with Crippen LogP contribution < -0.4 is 0 Å². The Hall–Kier alpha value is -2.06. The van der Waals surface area contributed by atoms with Crippen LogP contribution >= 0.6 is 0 Å². The molecule has 0 radical (unpaired) electrons. The molecule has 1 aromatic rings. The number of rotatable bonds is 5. The monoisotopic (exact) mass is 263 g/mol. The summed E-state index contributed by atoms with van der Waals surface area (Å²) in [7, 11) is 0. The summed E-state index contributed by atoms with van der Waals surface area (Å²) in [5.74, 6) is -2.01. The second-order valence-electron chi connectivity index (χ2n) is 3.80. The highest BCUT2D eigenvalue weighted by Gasteiger charge is 2.31. The van der Waals surface area contributed by atoms with Crippen LogP contribution in [0.2, 0.25) is 0 Å². The zero-order valence-electron chi connectivity index (χ0n) is 9.63. The van der Waals surface area contributed by atoms with Gasteiger partial charge in [-0.1, -0.05) is 6.92 Å². The number of nitrogens with zero attached hydrogens (tertiary/aromatic N) is 3. The average molecular weight is 263 g/mol. The third-order valence-electron chi connectivity index (χ3n) is 2.46. The van der Waals surface area contributed by atoms with Crippen molar-refractivity contribution in [3.05, 3.63) is 21.5 Å². The Kier molecular flexibility index (Phi) is 3.94. The van der Waals surface area contributed by atoms with E-state index in [1.165, 1.54) is 13.8 Å². The maximum absolute atomic E-state index is 12.6. The third-order valence-corrected chi connectivity index (χ3v) is 2.46. The van der Waals surface area contributed by atoms with Gasteiger partial charge in [0.15, 0.2) is 0 Å². The molecule has 0 fully saturated rings. The topological polar surface area (TPSA) is 98.3 Å². The number of alkyl halides is 2. The van der Waals surface area contributed by atoms with E-state index in [0.717, 1.165) is 4.68 Å². The third kappa shape index (κ3) is 2.60. The number of halogens is 2. The molecule has 9 heteroatoms. The molecule has 0 amide bonds. The van der Waals surface area contributed by atoms with Crippen LogP contribution in [0.15, 0.2) is 0 Å². The Morgan fingerprint density at radius 1 is 1.61 bits per heavy atom. The molecule has 1 heterocycles. The van der Waals surface area contributed by atoms with E-state index in [9.17, 15) is 23.7 Å². The minimum atomic E-state index is -3.08. The molecule has 100 valence electrons. The number of hydrogen-bond acceptors (Lipinski definition) is 4. The Morgan fingerprint density at radius 3 is 2.50 bits per heavy atom. The summed E-state index contributed by atoms with van der Waals surface area (Å²) < 4.78 is 26.1. The number of hydrogen-bond donors (Lipinski definition) is 1. The Morgan fingerprint density at radius 2 is 2.17 bits per heavy atom. The fraction of sp³-hybridized carbons (Fsp3) is 0.556. The van der Waals surface area contributed by atoms with Gasteiger partial charge in [0.25, 0.3) is 6.43 Å². The summed E-state index contributed by atoms with van der Waals surface area (Å²) in [6, 6.07) is 0. The first-order valence-electron chi connectivity index (χ1n) is 4.98. The first kappa shape index (κ1) is 14.0. The second-order valence-corrected chi connectivity index (χ2v) is 3.80. The number of aliphatic carboxylic acids is 1. The van der Waals surface area contributed by atoms with Gasteiger partial charge in [-0.3, -0.25) is 19.6 Å². The van der Waals surface area contributed by atoms with Crippen LogP contribution in [0, 0.1) is 23.0 Å². The van der Waals surface area contributed by atoms with E-state index < -0.39 is 34.6 Å². The van der Waals surface area contributed by atoms with Crippen molar-refractivity contribution in [1.82, 2.24) is 9.78 Å². The van der Waals surface area contributed by atoms with Gasteiger partial charge in [0.1, 0.15) is 5.69 Å². The maximum Gasteiger partial charge on any atom is 0.318 e. The summed E-state index contributed by atoms with van der Waals surface area (Å²) in [4.78, 5) is 20.4. The molecule has 0 saturated heterocycles. The highest BCUT2D eigenvalue weighted by atomic mass is 19.3. The van der Waals surface area contributed by atoms with Crippen molar-refractivity contribution in [2.45, 2.75) is 26.8 Å². The van der Waals surface area contributed by atoms with E-state index in [-0.39, 0.29) is 12.2 Å². The van der Waals surface area contributed by atoms with E-state index >= 15 is 0 Å². The van der Waals surface area contributed by atoms with Crippen LogP contribution in [-0.4, -0.2) is 25.8 Å². The van der Waals surface area contributed by atoms with E-state index in [1.807, 2.05) is 0 Å². The van der Waals surface area contributed by atoms with Crippen molar-refractivity contribution < 1.29 is 23.6 Å². The number of carbonyl (C=O) groups is 1. The molecule has 0 saturated carbocycles. The van der Waals surface area contributed by atoms with Gasteiger partial charge in [0.2, 0.25) is 5.69 Å². The normalized spacial score (nSPS) is 12.7. The van der Waals surface area contributed by atoms with Gasteiger partial charge in [-0.15, -0.1) is 0 Å². The highest BCUT2D eigenvalue weighted by Crippen LogP contribution is 2.31. The van der Waals surface area contributed by atoms with Crippen molar-refractivity contribution in [3.8, 4) is 0 Å². The molecule has 0 aliphatic rings. The smallest absolute Gasteiger partial charge is 0.318 e. The molecule has 7 nitrogen and oxygen atoms in total. The lowest BCUT2D eigenvalue weighted by molar-refractivity contribution is -0.386. The molecule has 1 unspecified atom stereocenters. The molecule has 1 atom stereocenters. The Balaban J connectivity index is 3.19. The molecular formula is C9H11F2N3O4. The number of aromatic nitrogens is 2. The second kappa shape index (κ2) is 5.07. The lowest BCUT2D eigenvalue weighted by Gasteiger charge is -2.07. The zero-order valence-corrected chi connectivity index (χ0v) is 9.63.